The van der Waals surface area contributed by atoms with Crippen LogP contribution in [0, 0.1) is 3.57 Å². The summed E-state index contributed by atoms with van der Waals surface area (Å²) in [7, 11) is 0. The van der Waals surface area contributed by atoms with Gasteiger partial charge in [-0.3, -0.25) is 9.97 Å². The number of aromatic nitrogens is 2. The van der Waals surface area contributed by atoms with Gasteiger partial charge in [0.1, 0.15) is 0 Å². The van der Waals surface area contributed by atoms with Crippen LogP contribution in [0.3, 0.4) is 0 Å². The summed E-state index contributed by atoms with van der Waals surface area (Å²) in [6.45, 7) is 2.99. The van der Waals surface area contributed by atoms with Crippen LogP contribution in [0.4, 0.5) is 0 Å². The van der Waals surface area contributed by atoms with Crippen molar-refractivity contribution < 1.29 is 0 Å². The number of nitrogens with zero attached hydrogens (tertiary/aromatic N) is 2. The number of nitrogens with one attached hydrogen (secondary N) is 1. The van der Waals surface area contributed by atoms with Crippen molar-refractivity contribution in [2.24, 2.45) is 0 Å². The van der Waals surface area contributed by atoms with Crippen molar-refractivity contribution in [3.63, 3.8) is 0 Å². The molecule has 0 aliphatic rings. The zero-order valence-corrected chi connectivity index (χ0v) is 11.8. The van der Waals surface area contributed by atoms with E-state index in [0.717, 1.165) is 12.2 Å². The molecule has 1 aromatic heterocycles. The van der Waals surface area contributed by atoms with Crippen molar-refractivity contribution in [3.05, 3.63) is 57.7 Å². The van der Waals surface area contributed by atoms with Gasteiger partial charge in [0, 0.05) is 16.0 Å². The lowest BCUT2D eigenvalue weighted by atomic mass is 10.0. The molecule has 3 nitrogen and oxygen atoms in total. The van der Waals surface area contributed by atoms with Gasteiger partial charge in [0.15, 0.2) is 0 Å². The van der Waals surface area contributed by atoms with Crippen LogP contribution in [-0.4, -0.2) is 16.5 Å². The summed E-state index contributed by atoms with van der Waals surface area (Å²) in [4.78, 5) is 8.50. The lowest BCUT2D eigenvalue weighted by Gasteiger charge is -2.17. The largest absolute Gasteiger partial charge is 0.305 e. The maximum absolute atomic E-state index is 4.37. The average molecular weight is 339 g/mol. The molecule has 0 amide bonds. The molecule has 1 N–H and O–H groups in total. The number of rotatable bonds is 4. The SMILES string of the molecule is CCNC(c1ccc(I)cc1)c1cnccn1. The van der Waals surface area contributed by atoms with Gasteiger partial charge in [-0.2, -0.15) is 0 Å². The Hall–Kier alpha value is -1.01. The first-order valence-corrected chi connectivity index (χ1v) is 6.64. The molecule has 1 heterocycles. The fourth-order valence-electron chi connectivity index (χ4n) is 1.71. The van der Waals surface area contributed by atoms with Crippen LogP contribution in [0.2, 0.25) is 0 Å². The molecule has 0 saturated heterocycles. The predicted octanol–water partition coefficient (Wildman–Crippen LogP) is 2.78. The molecule has 1 unspecified atom stereocenters. The normalized spacial score (nSPS) is 12.4. The van der Waals surface area contributed by atoms with Crippen LogP contribution >= 0.6 is 22.6 Å². The fourth-order valence-corrected chi connectivity index (χ4v) is 2.07. The van der Waals surface area contributed by atoms with Crippen molar-refractivity contribution in [2.75, 3.05) is 6.54 Å². The number of hydrogen-bond donors (Lipinski definition) is 1. The molecule has 0 aliphatic carbocycles. The molecule has 2 aromatic rings. The Bertz CT molecular complexity index is 456. The molecular weight excluding hydrogens is 325 g/mol. The predicted molar refractivity (Wildman–Crippen MR) is 76.7 cm³/mol. The molecular formula is C13H14IN3. The average Bonchev–Trinajstić information content (AvgIpc) is 2.38. The van der Waals surface area contributed by atoms with E-state index in [1.54, 1.807) is 12.4 Å². The van der Waals surface area contributed by atoms with Crippen LogP contribution in [0.1, 0.15) is 24.2 Å². The topological polar surface area (TPSA) is 37.8 Å². The van der Waals surface area contributed by atoms with Gasteiger partial charge >= 0.3 is 0 Å². The van der Waals surface area contributed by atoms with E-state index in [1.165, 1.54) is 9.13 Å². The van der Waals surface area contributed by atoms with Gasteiger partial charge < -0.3 is 5.32 Å². The van der Waals surface area contributed by atoms with E-state index in [0.29, 0.717) is 0 Å². The Morgan fingerprint density at radius 1 is 1.24 bits per heavy atom. The van der Waals surface area contributed by atoms with Gasteiger partial charge in [-0.05, 0) is 46.8 Å². The Morgan fingerprint density at radius 2 is 2.00 bits per heavy atom. The summed E-state index contributed by atoms with van der Waals surface area (Å²) in [6.07, 6.45) is 5.23. The highest BCUT2D eigenvalue weighted by Gasteiger charge is 2.13. The molecule has 2 rings (SSSR count). The monoisotopic (exact) mass is 339 g/mol. The Morgan fingerprint density at radius 3 is 2.59 bits per heavy atom. The van der Waals surface area contributed by atoms with Crippen LogP contribution in [0.5, 0.6) is 0 Å². The van der Waals surface area contributed by atoms with E-state index in [9.17, 15) is 0 Å². The second-order valence-corrected chi connectivity index (χ2v) is 4.92. The second kappa shape index (κ2) is 6.07. The minimum absolute atomic E-state index is 0.116. The van der Waals surface area contributed by atoms with Crippen molar-refractivity contribution in [2.45, 2.75) is 13.0 Å². The fraction of sp³-hybridized carbons (Fsp3) is 0.231. The summed E-state index contributed by atoms with van der Waals surface area (Å²) >= 11 is 2.31. The number of benzene rings is 1. The third-order valence-electron chi connectivity index (χ3n) is 2.49. The molecule has 4 heteroatoms. The molecule has 88 valence electrons. The molecule has 0 fully saturated rings. The van der Waals surface area contributed by atoms with E-state index in [1.807, 2.05) is 6.20 Å². The minimum atomic E-state index is 0.116. The van der Waals surface area contributed by atoms with Crippen LogP contribution in [0.25, 0.3) is 0 Å². The lowest BCUT2D eigenvalue weighted by molar-refractivity contribution is 0.612. The summed E-state index contributed by atoms with van der Waals surface area (Å²) in [5.41, 5.74) is 2.17. The summed E-state index contributed by atoms with van der Waals surface area (Å²) in [6, 6.07) is 8.59. The van der Waals surface area contributed by atoms with E-state index >= 15 is 0 Å². The van der Waals surface area contributed by atoms with Crippen molar-refractivity contribution in [1.82, 2.24) is 15.3 Å². The van der Waals surface area contributed by atoms with Gasteiger partial charge in [-0.1, -0.05) is 19.1 Å². The highest BCUT2D eigenvalue weighted by atomic mass is 127. The van der Waals surface area contributed by atoms with Crippen molar-refractivity contribution in [3.8, 4) is 0 Å². The Labute approximate surface area is 115 Å². The number of halogens is 1. The molecule has 0 radical (unpaired) electrons. The lowest BCUT2D eigenvalue weighted by Crippen LogP contribution is -2.23. The van der Waals surface area contributed by atoms with Gasteiger partial charge in [0.25, 0.3) is 0 Å². The van der Waals surface area contributed by atoms with Gasteiger partial charge in [-0.15, -0.1) is 0 Å². The highest BCUT2D eigenvalue weighted by Crippen LogP contribution is 2.20. The zero-order valence-electron chi connectivity index (χ0n) is 9.60. The quantitative estimate of drug-likeness (QED) is 0.871. The standard InChI is InChI=1S/C13H14IN3/c1-2-16-13(12-9-15-7-8-17-12)10-3-5-11(14)6-4-10/h3-9,13,16H,2H2,1H3. The first-order valence-electron chi connectivity index (χ1n) is 5.56. The first kappa shape index (κ1) is 12.4. The third-order valence-corrected chi connectivity index (χ3v) is 3.21. The third kappa shape index (κ3) is 3.23. The molecule has 17 heavy (non-hydrogen) atoms. The van der Waals surface area contributed by atoms with E-state index in [4.69, 9.17) is 0 Å². The highest BCUT2D eigenvalue weighted by molar-refractivity contribution is 14.1. The minimum Gasteiger partial charge on any atom is -0.305 e. The van der Waals surface area contributed by atoms with Crippen molar-refractivity contribution in [1.29, 1.82) is 0 Å². The van der Waals surface area contributed by atoms with Crippen molar-refractivity contribution >= 4 is 22.6 Å². The van der Waals surface area contributed by atoms with Gasteiger partial charge in [-0.25, -0.2) is 0 Å². The molecule has 0 spiro atoms. The molecule has 1 aromatic carbocycles. The van der Waals surface area contributed by atoms with E-state index in [-0.39, 0.29) is 6.04 Å². The Balaban J connectivity index is 2.32. The molecule has 0 saturated carbocycles. The molecule has 0 bridgehead atoms. The van der Waals surface area contributed by atoms with Crippen LogP contribution < -0.4 is 5.32 Å². The van der Waals surface area contributed by atoms with Crippen LogP contribution in [0.15, 0.2) is 42.9 Å². The van der Waals surface area contributed by atoms with Gasteiger partial charge in [0.2, 0.25) is 0 Å². The van der Waals surface area contributed by atoms with Crippen LogP contribution in [-0.2, 0) is 0 Å². The zero-order chi connectivity index (χ0) is 12.1. The molecule has 1 atom stereocenters. The summed E-state index contributed by atoms with van der Waals surface area (Å²) in [5.74, 6) is 0. The van der Waals surface area contributed by atoms with E-state index < -0.39 is 0 Å². The molecule has 0 aliphatic heterocycles. The number of hydrogen-bond acceptors (Lipinski definition) is 3. The van der Waals surface area contributed by atoms with Gasteiger partial charge in [0.05, 0.1) is 17.9 Å². The maximum atomic E-state index is 4.37. The smallest absolute Gasteiger partial charge is 0.0801 e. The second-order valence-electron chi connectivity index (χ2n) is 3.67. The maximum Gasteiger partial charge on any atom is 0.0801 e. The first-order chi connectivity index (χ1) is 8.31. The summed E-state index contributed by atoms with van der Waals surface area (Å²) in [5, 5.41) is 3.43. The Kier molecular flexibility index (Phi) is 4.44. The van der Waals surface area contributed by atoms with E-state index in [2.05, 4.69) is 69.1 Å². The summed E-state index contributed by atoms with van der Waals surface area (Å²) < 4.78 is 1.24.